The Hall–Kier alpha value is -1.95. The van der Waals surface area contributed by atoms with E-state index in [0.29, 0.717) is 5.56 Å². The van der Waals surface area contributed by atoms with E-state index in [0.717, 1.165) is 0 Å². The number of nitrogens with one attached hydrogen (secondary N) is 1. The molecule has 8 heteroatoms. The minimum atomic E-state index is -3.73. The number of hydrogen-bond acceptors (Lipinski definition) is 6. The second kappa shape index (κ2) is 5.79. The maximum atomic E-state index is 12.0. The molecule has 0 bridgehead atoms. The Morgan fingerprint density at radius 3 is 2.95 bits per heavy atom. The monoisotopic (exact) mass is 295 g/mol. The van der Waals surface area contributed by atoms with E-state index in [2.05, 4.69) is 26.5 Å². The Morgan fingerprint density at radius 1 is 1.42 bits per heavy atom. The molecule has 0 unspecified atom stereocenters. The fraction of sp³-hybridized carbons (Fsp3) is 0.0909. The van der Waals surface area contributed by atoms with Crippen LogP contribution in [0.3, 0.4) is 0 Å². The van der Waals surface area contributed by atoms with E-state index in [9.17, 15) is 8.42 Å². The van der Waals surface area contributed by atoms with Crippen molar-refractivity contribution in [2.75, 3.05) is 11.3 Å². The lowest BCUT2D eigenvalue weighted by molar-refractivity contribution is 0.350. The first-order valence-corrected chi connectivity index (χ1v) is 7.45. The van der Waals surface area contributed by atoms with Crippen LogP contribution >= 0.6 is 11.3 Å². The number of nitrogens with zero attached hydrogens (tertiary/aromatic N) is 2. The van der Waals surface area contributed by atoms with E-state index in [1.54, 1.807) is 5.38 Å². The molecule has 98 valence electrons. The highest BCUT2D eigenvalue weighted by atomic mass is 32.2. The van der Waals surface area contributed by atoms with Gasteiger partial charge in [0.1, 0.15) is 11.5 Å². The van der Waals surface area contributed by atoms with Crippen molar-refractivity contribution in [1.82, 2.24) is 9.97 Å². The fourth-order valence-electron chi connectivity index (χ4n) is 1.22. The summed E-state index contributed by atoms with van der Waals surface area (Å²) in [5.41, 5.74) is 0.413. The molecule has 2 aromatic rings. The van der Waals surface area contributed by atoms with Gasteiger partial charge in [0.15, 0.2) is 5.13 Å². The Kier molecular flexibility index (Phi) is 4.11. The van der Waals surface area contributed by atoms with E-state index in [-0.39, 0.29) is 16.6 Å². The van der Waals surface area contributed by atoms with Gasteiger partial charge in [0.25, 0.3) is 10.0 Å². The van der Waals surface area contributed by atoms with Gasteiger partial charge in [-0.3, -0.25) is 9.71 Å². The van der Waals surface area contributed by atoms with Crippen molar-refractivity contribution in [3.63, 3.8) is 0 Å². The van der Waals surface area contributed by atoms with Crippen LogP contribution in [0.1, 0.15) is 5.56 Å². The van der Waals surface area contributed by atoms with Crippen LogP contribution in [0.15, 0.2) is 34.9 Å². The molecule has 0 fully saturated rings. The third-order valence-corrected chi connectivity index (χ3v) is 4.11. The highest BCUT2D eigenvalue weighted by Gasteiger charge is 2.16. The number of thiazole rings is 1. The van der Waals surface area contributed by atoms with E-state index in [1.807, 2.05) is 0 Å². The number of aromatic nitrogens is 2. The normalized spacial score (nSPS) is 10.6. The van der Waals surface area contributed by atoms with Gasteiger partial charge in [-0.25, -0.2) is 13.4 Å². The van der Waals surface area contributed by atoms with Gasteiger partial charge in [-0.05, 0) is 6.07 Å². The summed E-state index contributed by atoms with van der Waals surface area (Å²) in [5, 5.41) is 10.5. The Morgan fingerprint density at radius 2 is 2.26 bits per heavy atom. The van der Waals surface area contributed by atoms with Gasteiger partial charge in [-0.2, -0.15) is 0 Å². The Bertz CT molecular complexity index is 715. The third-order valence-electron chi connectivity index (χ3n) is 1.99. The van der Waals surface area contributed by atoms with Gasteiger partial charge in [0.2, 0.25) is 0 Å². The third kappa shape index (κ3) is 3.51. The summed E-state index contributed by atoms with van der Waals surface area (Å²) in [6.45, 7) is -0.297. The van der Waals surface area contributed by atoms with Gasteiger partial charge < -0.3 is 5.11 Å². The molecule has 0 saturated heterocycles. The molecule has 6 nitrogen and oxygen atoms in total. The summed E-state index contributed by atoms with van der Waals surface area (Å²) in [4.78, 5) is 7.65. The first-order valence-electron chi connectivity index (χ1n) is 5.09. The van der Waals surface area contributed by atoms with Gasteiger partial charge >= 0.3 is 0 Å². The topological polar surface area (TPSA) is 92.2 Å². The second-order valence-corrected chi connectivity index (χ2v) is 5.89. The first kappa shape index (κ1) is 13.5. The van der Waals surface area contributed by atoms with Crippen LogP contribution in [-0.4, -0.2) is 30.1 Å². The van der Waals surface area contributed by atoms with Crippen molar-refractivity contribution in [2.45, 2.75) is 4.90 Å². The summed E-state index contributed by atoms with van der Waals surface area (Å²) in [5.74, 6) is 5.03. The van der Waals surface area contributed by atoms with Crippen molar-refractivity contribution in [3.8, 4) is 11.8 Å². The number of hydrogen-bond donors (Lipinski definition) is 2. The van der Waals surface area contributed by atoms with Crippen LogP contribution in [0.2, 0.25) is 0 Å². The van der Waals surface area contributed by atoms with Gasteiger partial charge in [0, 0.05) is 29.5 Å². The van der Waals surface area contributed by atoms with Crippen LogP contribution in [0, 0.1) is 11.8 Å². The lowest BCUT2D eigenvalue weighted by Crippen LogP contribution is -2.13. The van der Waals surface area contributed by atoms with Crippen molar-refractivity contribution in [1.29, 1.82) is 0 Å². The lowest BCUT2D eigenvalue weighted by Gasteiger charge is -2.04. The number of aliphatic hydroxyl groups excluding tert-OH is 1. The predicted octanol–water partition coefficient (Wildman–Crippen LogP) is 0.683. The molecule has 0 aromatic carbocycles. The average molecular weight is 295 g/mol. The van der Waals surface area contributed by atoms with Crippen LogP contribution in [0.4, 0.5) is 5.13 Å². The van der Waals surface area contributed by atoms with Crippen LogP contribution < -0.4 is 4.72 Å². The minimum absolute atomic E-state index is 0.00700. The average Bonchev–Trinajstić information content (AvgIpc) is 2.89. The first-order chi connectivity index (χ1) is 9.12. The molecule has 0 radical (unpaired) electrons. The maximum absolute atomic E-state index is 12.0. The second-order valence-electron chi connectivity index (χ2n) is 3.31. The molecule has 2 rings (SSSR count). The zero-order valence-corrected chi connectivity index (χ0v) is 11.2. The highest BCUT2D eigenvalue weighted by Crippen LogP contribution is 2.17. The van der Waals surface area contributed by atoms with E-state index in [4.69, 9.17) is 5.11 Å². The number of anilines is 1. The Labute approximate surface area is 114 Å². The molecule has 0 amide bonds. The largest absolute Gasteiger partial charge is 0.384 e. The summed E-state index contributed by atoms with van der Waals surface area (Å²) in [7, 11) is -3.73. The zero-order chi connectivity index (χ0) is 13.7. The maximum Gasteiger partial charge on any atom is 0.265 e. The molecule has 2 heterocycles. The van der Waals surface area contributed by atoms with Crippen LogP contribution in [0.25, 0.3) is 0 Å². The summed E-state index contributed by atoms with van der Waals surface area (Å²) >= 11 is 1.18. The quantitative estimate of drug-likeness (QED) is 0.813. The SMILES string of the molecule is O=S(=O)(Nc1nccs1)c1cncc(C#CCO)c1. The zero-order valence-electron chi connectivity index (χ0n) is 9.57. The van der Waals surface area contributed by atoms with Gasteiger partial charge in [-0.1, -0.05) is 11.8 Å². The molecule has 0 saturated carbocycles. The van der Waals surface area contributed by atoms with Crippen molar-refractivity contribution < 1.29 is 13.5 Å². The van der Waals surface area contributed by atoms with E-state index in [1.165, 1.54) is 36.0 Å². The molecule has 2 N–H and O–H groups in total. The number of pyridine rings is 1. The summed E-state index contributed by atoms with van der Waals surface area (Å²) in [6.07, 6.45) is 4.15. The smallest absolute Gasteiger partial charge is 0.265 e. The number of rotatable bonds is 3. The molecular weight excluding hydrogens is 286 g/mol. The molecule has 0 aliphatic heterocycles. The molecule has 19 heavy (non-hydrogen) atoms. The van der Waals surface area contributed by atoms with Crippen molar-refractivity contribution in [2.24, 2.45) is 0 Å². The lowest BCUT2D eigenvalue weighted by atomic mass is 10.3. The predicted molar refractivity (Wildman–Crippen MR) is 71.1 cm³/mol. The van der Waals surface area contributed by atoms with E-state index < -0.39 is 10.0 Å². The summed E-state index contributed by atoms with van der Waals surface area (Å²) in [6, 6.07) is 1.38. The molecule has 0 aliphatic carbocycles. The number of aliphatic hydroxyl groups is 1. The highest BCUT2D eigenvalue weighted by molar-refractivity contribution is 7.93. The number of sulfonamides is 1. The van der Waals surface area contributed by atoms with Gasteiger partial charge in [-0.15, -0.1) is 11.3 Å². The van der Waals surface area contributed by atoms with Crippen LogP contribution in [-0.2, 0) is 10.0 Å². The van der Waals surface area contributed by atoms with Crippen molar-refractivity contribution >= 4 is 26.5 Å². The standard InChI is InChI=1S/C11H9N3O3S2/c15-4-1-2-9-6-10(8-12-7-9)19(16,17)14-11-13-3-5-18-11/h3,5-8,15H,4H2,(H,13,14). The van der Waals surface area contributed by atoms with Crippen LogP contribution in [0.5, 0.6) is 0 Å². The van der Waals surface area contributed by atoms with E-state index >= 15 is 0 Å². The van der Waals surface area contributed by atoms with Gasteiger partial charge in [0.05, 0.1) is 0 Å². The van der Waals surface area contributed by atoms with Crippen molar-refractivity contribution in [3.05, 3.63) is 35.6 Å². The molecule has 0 spiro atoms. The molecule has 0 aliphatic rings. The fourth-order valence-corrected chi connectivity index (χ4v) is 3.00. The minimum Gasteiger partial charge on any atom is -0.384 e. The molecule has 0 atom stereocenters. The Balaban J connectivity index is 2.30. The molecule has 2 aromatic heterocycles. The molecular formula is C11H9N3O3S2. The summed E-state index contributed by atoms with van der Waals surface area (Å²) < 4.78 is 26.4.